The second-order valence-corrected chi connectivity index (χ2v) is 4.87. The van der Waals surface area contributed by atoms with Gasteiger partial charge in [0.25, 0.3) is 0 Å². The number of nitrogens with one attached hydrogen (secondary N) is 1. The van der Waals surface area contributed by atoms with Crippen LogP contribution < -0.4 is 5.32 Å². The van der Waals surface area contributed by atoms with E-state index in [1.807, 2.05) is 0 Å². The van der Waals surface area contributed by atoms with Crippen molar-refractivity contribution in [2.45, 2.75) is 45.3 Å². The molecular weight excluding hydrogens is 192 g/mol. The lowest BCUT2D eigenvalue weighted by atomic mass is 10.2. The van der Waals surface area contributed by atoms with Gasteiger partial charge in [-0.15, -0.1) is 0 Å². The van der Waals surface area contributed by atoms with Crippen LogP contribution in [0.1, 0.15) is 37.7 Å². The first kappa shape index (κ1) is 8.39. The first-order valence-electron chi connectivity index (χ1n) is 6.83. The van der Waals surface area contributed by atoms with Crippen molar-refractivity contribution in [2.75, 3.05) is 20.1 Å². The van der Waals surface area contributed by atoms with Crippen LogP contribution in [0, 0.1) is 0 Å². The molecule has 0 aliphatic carbocycles. The fourth-order valence-corrected chi connectivity index (χ4v) is 1.56. The number of hydrogen-bond donors (Lipinski definition) is 1. The SMILES string of the molecule is [2H]C([2H])([2H])N1CCC[C@@H]1CNC(=O)OC(C)(C)C. The van der Waals surface area contributed by atoms with Crippen LogP contribution in [0.2, 0.25) is 0 Å². The summed E-state index contributed by atoms with van der Waals surface area (Å²) in [5.41, 5.74) is -0.538. The lowest BCUT2D eigenvalue weighted by molar-refractivity contribution is 0.0516. The van der Waals surface area contributed by atoms with Crippen molar-refractivity contribution in [3.05, 3.63) is 0 Å². The molecule has 1 rings (SSSR count). The van der Waals surface area contributed by atoms with Gasteiger partial charge in [0.1, 0.15) is 5.60 Å². The van der Waals surface area contributed by atoms with Crippen LogP contribution in [0.4, 0.5) is 4.79 Å². The molecule has 1 aliphatic heterocycles. The van der Waals surface area contributed by atoms with E-state index in [1.54, 1.807) is 20.8 Å². The first-order chi connectivity index (χ1) is 8.09. The molecule has 0 bridgehead atoms. The van der Waals surface area contributed by atoms with Crippen LogP contribution in [0.15, 0.2) is 0 Å². The minimum absolute atomic E-state index is 0.134. The minimum Gasteiger partial charge on any atom is -0.444 e. The Labute approximate surface area is 96.2 Å². The van der Waals surface area contributed by atoms with Crippen molar-refractivity contribution in [1.29, 1.82) is 0 Å². The Hall–Kier alpha value is -0.770. The number of carbonyl (C=O) groups excluding carboxylic acids is 1. The number of carbonyl (C=O) groups is 1. The largest absolute Gasteiger partial charge is 0.444 e. The number of hydrogen-bond acceptors (Lipinski definition) is 3. The van der Waals surface area contributed by atoms with Gasteiger partial charge in [0, 0.05) is 16.7 Å². The lowest BCUT2D eigenvalue weighted by Crippen LogP contribution is -2.40. The van der Waals surface area contributed by atoms with Crippen molar-refractivity contribution >= 4 is 6.09 Å². The molecule has 0 unspecified atom stereocenters. The molecule has 0 aromatic heterocycles. The molecule has 15 heavy (non-hydrogen) atoms. The number of rotatable bonds is 2. The van der Waals surface area contributed by atoms with Crippen LogP contribution in [0.25, 0.3) is 0 Å². The van der Waals surface area contributed by atoms with E-state index in [4.69, 9.17) is 8.85 Å². The normalized spacial score (nSPS) is 26.6. The molecular formula is C11H22N2O2. The van der Waals surface area contributed by atoms with E-state index in [9.17, 15) is 4.79 Å². The molecule has 0 saturated carbocycles. The number of likely N-dealkylation sites (tertiary alicyclic amines) is 1. The molecule has 0 aromatic carbocycles. The fraction of sp³-hybridized carbons (Fsp3) is 0.909. The maximum Gasteiger partial charge on any atom is 0.407 e. The van der Waals surface area contributed by atoms with Crippen molar-refractivity contribution in [2.24, 2.45) is 0 Å². The van der Waals surface area contributed by atoms with Crippen LogP contribution in [-0.4, -0.2) is 42.7 Å². The number of amides is 1. The summed E-state index contributed by atoms with van der Waals surface area (Å²) in [6.07, 6.45) is 1.13. The Balaban J connectivity index is 2.41. The van der Waals surface area contributed by atoms with E-state index in [0.29, 0.717) is 13.1 Å². The molecule has 88 valence electrons. The van der Waals surface area contributed by atoms with E-state index >= 15 is 0 Å². The molecule has 1 heterocycles. The molecule has 1 fully saturated rings. The second kappa shape index (κ2) is 4.84. The summed E-state index contributed by atoms with van der Waals surface area (Å²) in [6.45, 7) is 4.14. The zero-order valence-corrected chi connectivity index (χ0v) is 9.67. The summed E-state index contributed by atoms with van der Waals surface area (Å²) in [6, 6.07) is -0.134. The van der Waals surface area contributed by atoms with Gasteiger partial charge in [-0.05, 0) is 47.1 Å². The third-order valence-corrected chi connectivity index (χ3v) is 2.26. The second-order valence-electron chi connectivity index (χ2n) is 4.87. The number of likely N-dealkylation sites (N-methyl/N-ethyl adjacent to an activating group) is 1. The first-order valence-corrected chi connectivity index (χ1v) is 5.33. The van der Waals surface area contributed by atoms with Crippen LogP contribution in [0.5, 0.6) is 0 Å². The van der Waals surface area contributed by atoms with Gasteiger partial charge < -0.3 is 15.0 Å². The van der Waals surface area contributed by atoms with Gasteiger partial charge >= 0.3 is 6.09 Å². The standard InChI is InChI=1S/C11H22N2O2/c1-11(2,3)15-10(14)12-8-9-6-5-7-13(9)4/h9H,5-8H2,1-4H3,(H,12,14)/t9-/m1/s1/i4D3. The molecule has 0 aromatic rings. The highest BCUT2D eigenvalue weighted by Gasteiger charge is 2.22. The molecule has 0 radical (unpaired) electrons. The highest BCUT2D eigenvalue weighted by Crippen LogP contribution is 2.13. The molecule has 4 heteroatoms. The van der Waals surface area contributed by atoms with Crippen molar-refractivity contribution < 1.29 is 13.6 Å². The fourth-order valence-electron chi connectivity index (χ4n) is 1.56. The summed E-state index contributed by atoms with van der Waals surface area (Å²) < 4.78 is 27.3. The van der Waals surface area contributed by atoms with Crippen molar-refractivity contribution in [1.82, 2.24) is 10.2 Å². The monoisotopic (exact) mass is 217 g/mol. The van der Waals surface area contributed by atoms with E-state index in [1.165, 1.54) is 4.90 Å². The van der Waals surface area contributed by atoms with E-state index in [-0.39, 0.29) is 6.04 Å². The number of ether oxygens (including phenoxy) is 1. The topological polar surface area (TPSA) is 41.6 Å². The Morgan fingerprint density at radius 2 is 2.40 bits per heavy atom. The van der Waals surface area contributed by atoms with Gasteiger partial charge in [0.2, 0.25) is 0 Å². The van der Waals surface area contributed by atoms with Gasteiger partial charge in [-0.2, -0.15) is 0 Å². The maximum atomic E-state index is 11.5. The van der Waals surface area contributed by atoms with Crippen LogP contribution >= 0.6 is 0 Å². The smallest absolute Gasteiger partial charge is 0.407 e. The molecule has 0 spiro atoms. The zero-order chi connectivity index (χ0) is 14.0. The van der Waals surface area contributed by atoms with Gasteiger partial charge in [0.15, 0.2) is 0 Å². The van der Waals surface area contributed by atoms with Gasteiger partial charge in [0.05, 0.1) is 0 Å². The number of nitrogens with zero attached hydrogens (tertiary/aromatic N) is 1. The van der Waals surface area contributed by atoms with Crippen molar-refractivity contribution in [3.63, 3.8) is 0 Å². The average molecular weight is 217 g/mol. The third kappa shape index (κ3) is 4.51. The predicted octanol–water partition coefficient (Wildman–Crippen LogP) is 1.61. The maximum absolute atomic E-state index is 11.5. The Morgan fingerprint density at radius 3 is 3.00 bits per heavy atom. The van der Waals surface area contributed by atoms with Crippen molar-refractivity contribution in [3.8, 4) is 0 Å². The van der Waals surface area contributed by atoms with Gasteiger partial charge in [-0.3, -0.25) is 0 Å². The molecule has 4 nitrogen and oxygen atoms in total. The van der Waals surface area contributed by atoms with Gasteiger partial charge in [-0.25, -0.2) is 4.79 Å². The highest BCUT2D eigenvalue weighted by molar-refractivity contribution is 5.67. The zero-order valence-electron chi connectivity index (χ0n) is 12.7. The van der Waals surface area contributed by atoms with Gasteiger partial charge in [-0.1, -0.05) is 0 Å². The van der Waals surface area contributed by atoms with E-state index in [2.05, 4.69) is 5.32 Å². The summed E-state index contributed by atoms with van der Waals surface area (Å²) in [5.74, 6) is 0. The molecule has 1 amide bonds. The van der Waals surface area contributed by atoms with Crippen LogP contribution in [-0.2, 0) is 4.74 Å². The molecule has 1 N–H and O–H groups in total. The predicted molar refractivity (Wildman–Crippen MR) is 59.9 cm³/mol. The third-order valence-electron chi connectivity index (χ3n) is 2.26. The highest BCUT2D eigenvalue weighted by atomic mass is 16.6. The summed E-state index contributed by atoms with van der Waals surface area (Å²) in [4.78, 5) is 12.9. The van der Waals surface area contributed by atoms with Crippen LogP contribution in [0.3, 0.4) is 0 Å². The lowest BCUT2D eigenvalue weighted by Gasteiger charge is -2.23. The molecule has 1 saturated heterocycles. The minimum atomic E-state index is -2.09. The van der Waals surface area contributed by atoms with E-state index < -0.39 is 18.7 Å². The number of alkyl carbamates (subject to hydrolysis) is 1. The molecule has 1 aliphatic rings. The van der Waals surface area contributed by atoms with E-state index in [0.717, 1.165) is 12.8 Å². The summed E-state index contributed by atoms with van der Waals surface area (Å²) >= 11 is 0. The Morgan fingerprint density at radius 1 is 1.67 bits per heavy atom. The summed E-state index contributed by atoms with van der Waals surface area (Å²) in [5, 5.41) is 2.63. The quantitative estimate of drug-likeness (QED) is 0.764. The summed E-state index contributed by atoms with van der Waals surface area (Å²) in [7, 11) is 0. The Bertz CT molecular complexity index is 300. The Kier molecular flexibility index (Phi) is 2.70. The molecule has 1 atom stereocenters. The average Bonchev–Trinajstić information content (AvgIpc) is 2.58.